The monoisotopic (exact) mass is 446 g/mol. The first-order valence-corrected chi connectivity index (χ1v) is 10.9. The van der Waals surface area contributed by atoms with Crippen LogP contribution in [0.5, 0.6) is 0 Å². The molecule has 0 aromatic carbocycles. The highest BCUT2D eigenvalue weighted by atomic mass is 16.5. The van der Waals surface area contributed by atoms with Gasteiger partial charge >= 0.3 is 11.9 Å². The number of ketones is 2. The number of carboxylic acids is 1. The molecule has 7 nitrogen and oxygen atoms in total. The fourth-order valence-electron chi connectivity index (χ4n) is 5.37. The summed E-state index contributed by atoms with van der Waals surface area (Å²) in [7, 11) is 0. The number of carbonyl (C=O) groups is 4. The first-order chi connectivity index (χ1) is 14.7. The molecule has 0 saturated heterocycles. The van der Waals surface area contributed by atoms with Gasteiger partial charge in [-0.25, -0.2) is 9.59 Å². The van der Waals surface area contributed by atoms with E-state index in [1.807, 2.05) is 6.92 Å². The quantitative estimate of drug-likeness (QED) is 0.265. The second-order valence-electron chi connectivity index (χ2n) is 10.1. The van der Waals surface area contributed by atoms with Crippen LogP contribution in [0.1, 0.15) is 60.8 Å². The first-order valence-electron chi connectivity index (χ1n) is 10.9. The predicted octanol–water partition coefficient (Wildman–Crippen LogP) is 3.62. The first kappa shape index (κ1) is 25.7. The smallest absolute Gasteiger partial charge is 0.339 e. The Morgan fingerprint density at radius 1 is 1.25 bits per heavy atom. The summed E-state index contributed by atoms with van der Waals surface area (Å²) in [5.74, 6) is -4.86. The minimum Gasteiger partial charge on any atom is -0.478 e. The minimum atomic E-state index is -1.34. The molecule has 176 valence electrons. The highest BCUT2D eigenvalue weighted by Crippen LogP contribution is 2.59. The Labute approximate surface area is 189 Å². The summed E-state index contributed by atoms with van der Waals surface area (Å²) >= 11 is 0. The van der Waals surface area contributed by atoms with Gasteiger partial charge in [0.1, 0.15) is 5.78 Å². The van der Waals surface area contributed by atoms with Gasteiger partial charge in [-0.3, -0.25) is 4.79 Å². The lowest BCUT2D eigenvalue weighted by Gasteiger charge is -2.41. The molecule has 2 rings (SSSR count). The summed E-state index contributed by atoms with van der Waals surface area (Å²) in [6, 6.07) is 0. The van der Waals surface area contributed by atoms with E-state index in [2.05, 4.69) is 0 Å². The van der Waals surface area contributed by atoms with Crippen molar-refractivity contribution in [2.75, 3.05) is 0 Å². The van der Waals surface area contributed by atoms with E-state index in [4.69, 9.17) is 4.74 Å². The molecule has 0 amide bonds. The van der Waals surface area contributed by atoms with Crippen LogP contribution in [0.3, 0.4) is 0 Å². The number of aliphatic carboxylic acids is 1. The van der Waals surface area contributed by atoms with Crippen molar-refractivity contribution in [2.45, 2.75) is 66.4 Å². The third-order valence-corrected chi connectivity index (χ3v) is 6.85. The molecule has 1 saturated carbocycles. The molecule has 5 atom stereocenters. The number of aliphatic hydroxyl groups is 1. The van der Waals surface area contributed by atoms with Crippen molar-refractivity contribution in [1.82, 2.24) is 0 Å². The van der Waals surface area contributed by atoms with Gasteiger partial charge in [0.05, 0.1) is 17.4 Å². The predicted molar refractivity (Wildman–Crippen MR) is 118 cm³/mol. The van der Waals surface area contributed by atoms with E-state index in [0.29, 0.717) is 12.8 Å². The average molecular weight is 447 g/mol. The van der Waals surface area contributed by atoms with Gasteiger partial charge in [-0.1, -0.05) is 18.6 Å². The summed E-state index contributed by atoms with van der Waals surface area (Å²) < 4.78 is 5.17. The Morgan fingerprint density at radius 3 is 2.38 bits per heavy atom. The maximum absolute atomic E-state index is 13.3. The van der Waals surface area contributed by atoms with Crippen LogP contribution in [-0.4, -0.2) is 39.3 Å². The third-order valence-electron chi connectivity index (χ3n) is 6.85. The molecule has 0 radical (unpaired) electrons. The van der Waals surface area contributed by atoms with Crippen LogP contribution >= 0.6 is 0 Å². The van der Waals surface area contributed by atoms with E-state index in [-0.39, 0.29) is 23.7 Å². The lowest BCUT2D eigenvalue weighted by Crippen LogP contribution is -2.41. The number of allylic oxidation sites excluding steroid dienone is 3. The van der Waals surface area contributed by atoms with E-state index in [1.54, 1.807) is 33.8 Å². The van der Waals surface area contributed by atoms with Crippen molar-refractivity contribution in [2.24, 2.45) is 29.1 Å². The molecule has 0 aliphatic heterocycles. The topological polar surface area (TPSA) is 118 Å². The number of Topliss-reactive ketones (excluding diaryl/α,β-unsaturated/α-hetero) is 2. The van der Waals surface area contributed by atoms with Gasteiger partial charge in [0.15, 0.2) is 5.78 Å². The zero-order valence-corrected chi connectivity index (χ0v) is 19.7. The third kappa shape index (κ3) is 5.44. The van der Waals surface area contributed by atoms with Crippen molar-refractivity contribution in [1.29, 1.82) is 0 Å². The summed E-state index contributed by atoms with van der Waals surface area (Å²) in [6.07, 6.45) is 6.81. The van der Waals surface area contributed by atoms with E-state index < -0.39 is 46.5 Å². The summed E-state index contributed by atoms with van der Waals surface area (Å²) in [4.78, 5) is 49.2. The van der Waals surface area contributed by atoms with Crippen LogP contribution in [0.4, 0.5) is 0 Å². The SMILES string of the molecule is CC(=O)CC1C(=O)C(C(=O)O)=CC2C(C(C)(C)O)CCC2(C)C1C=COC(=O)C=C(C)C. The van der Waals surface area contributed by atoms with Crippen LogP contribution in [0.15, 0.2) is 35.6 Å². The molecule has 0 aromatic rings. The Balaban J connectivity index is 2.60. The van der Waals surface area contributed by atoms with Gasteiger partial charge in [-0.15, -0.1) is 0 Å². The molecule has 1 fully saturated rings. The number of rotatable bonds is 7. The molecule has 2 aliphatic rings. The highest BCUT2D eigenvalue weighted by Gasteiger charge is 2.56. The summed E-state index contributed by atoms with van der Waals surface area (Å²) in [5.41, 5.74) is -1.28. The molecule has 5 unspecified atom stereocenters. The number of carbonyl (C=O) groups excluding carboxylic acids is 3. The second kappa shape index (κ2) is 9.53. The van der Waals surface area contributed by atoms with Crippen molar-refractivity contribution in [3.8, 4) is 0 Å². The van der Waals surface area contributed by atoms with Crippen LogP contribution in [0.2, 0.25) is 0 Å². The van der Waals surface area contributed by atoms with Gasteiger partial charge < -0.3 is 19.7 Å². The highest BCUT2D eigenvalue weighted by molar-refractivity contribution is 6.18. The van der Waals surface area contributed by atoms with E-state index in [1.165, 1.54) is 25.3 Å². The largest absolute Gasteiger partial charge is 0.478 e. The summed E-state index contributed by atoms with van der Waals surface area (Å²) in [5, 5.41) is 20.5. The normalized spacial score (nSPS) is 30.3. The Bertz CT molecular complexity index is 882. The number of hydrogen-bond donors (Lipinski definition) is 2. The molecule has 32 heavy (non-hydrogen) atoms. The minimum absolute atomic E-state index is 0.115. The zero-order chi connectivity index (χ0) is 24.4. The van der Waals surface area contributed by atoms with Crippen molar-refractivity contribution >= 4 is 23.5 Å². The number of hydrogen-bond acceptors (Lipinski definition) is 6. The van der Waals surface area contributed by atoms with Crippen LogP contribution in [0.25, 0.3) is 0 Å². The number of carboxylic acid groups (broad SMARTS) is 1. The maximum Gasteiger partial charge on any atom is 0.339 e. The second-order valence-corrected chi connectivity index (χ2v) is 10.1. The average Bonchev–Trinajstić information content (AvgIpc) is 2.93. The molecule has 2 aliphatic carbocycles. The van der Waals surface area contributed by atoms with E-state index in [0.717, 1.165) is 5.57 Å². The Hall–Kier alpha value is -2.54. The van der Waals surface area contributed by atoms with Crippen molar-refractivity contribution in [3.05, 3.63) is 35.6 Å². The van der Waals surface area contributed by atoms with Crippen molar-refractivity contribution in [3.63, 3.8) is 0 Å². The molecule has 0 spiro atoms. The molecule has 7 heteroatoms. The fraction of sp³-hybridized carbons (Fsp3) is 0.600. The van der Waals surface area contributed by atoms with Crippen LogP contribution < -0.4 is 0 Å². The molecule has 0 aromatic heterocycles. The standard InChI is InChI=1S/C25H34O7/c1-14(2)11-21(27)32-10-8-18-16(12-15(3)26)22(28)17(23(29)30)13-20-19(24(4,5)31)7-9-25(18,20)6/h8,10-11,13,16,18-20,31H,7,9,12H2,1-6H3,(H,29,30). The summed E-state index contributed by atoms with van der Waals surface area (Å²) in [6.45, 7) is 10.2. The van der Waals surface area contributed by atoms with Crippen molar-refractivity contribution < 1.29 is 34.1 Å². The maximum atomic E-state index is 13.3. The van der Waals surface area contributed by atoms with Gasteiger partial charge in [0.2, 0.25) is 0 Å². The molecule has 0 bridgehead atoms. The lowest BCUT2D eigenvalue weighted by molar-refractivity contribution is -0.136. The van der Waals surface area contributed by atoms with Gasteiger partial charge in [-0.05, 0) is 76.7 Å². The molecular weight excluding hydrogens is 412 g/mol. The lowest BCUT2D eigenvalue weighted by atomic mass is 9.62. The van der Waals surface area contributed by atoms with Crippen LogP contribution in [-0.2, 0) is 23.9 Å². The van der Waals surface area contributed by atoms with E-state index >= 15 is 0 Å². The Morgan fingerprint density at radius 2 is 1.88 bits per heavy atom. The molecule has 2 N–H and O–H groups in total. The van der Waals surface area contributed by atoms with Gasteiger partial charge in [0, 0.05) is 18.4 Å². The molecule has 0 heterocycles. The van der Waals surface area contributed by atoms with Crippen LogP contribution in [0, 0.1) is 29.1 Å². The van der Waals surface area contributed by atoms with Gasteiger partial charge in [0.25, 0.3) is 0 Å². The molecular formula is C25H34O7. The number of ether oxygens (including phenoxy) is 1. The van der Waals surface area contributed by atoms with E-state index in [9.17, 15) is 29.4 Å². The number of esters is 1. The Kier molecular flexibility index (Phi) is 7.66. The fourth-order valence-corrected chi connectivity index (χ4v) is 5.37. The number of fused-ring (bicyclic) bond motifs is 1. The zero-order valence-electron chi connectivity index (χ0n) is 19.7. The van der Waals surface area contributed by atoms with Gasteiger partial charge in [-0.2, -0.15) is 0 Å².